The molecule has 3 rings (SSSR count). The molecule has 1 unspecified atom stereocenters. The molecule has 5 nitrogen and oxygen atoms in total. The van der Waals surface area contributed by atoms with Crippen LogP contribution in [-0.2, 0) is 11.2 Å². The molecule has 2 aromatic rings. The van der Waals surface area contributed by atoms with Crippen LogP contribution >= 0.6 is 11.8 Å². The average Bonchev–Trinajstić information content (AvgIpc) is 3.17. The van der Waals surface area contributed by atoms with Crippen LogP contribution in [-0.4, -0.2) is 39.6 Å². The zero-order valence-electron chi connectivity index (χ0n) is 14.6. The number of aryl methyl sites for hydroxylation is 1. The van der Waals surface area contributed by atoms with Crippen molar-refractivity contribution in [3.8, 4) is 11.1 Å². The number of hydroxylamine groups is 1. The Balaban J connectivity index is 1.91. The van der Waals surface area contributed by atoms with E-state index in [2.05, 4.69) is 19.1 Å². The van der Waals surface area contributed by atoms with Crippen LogP contribution in [0, 0.1) is 0 Å². The molecule has 0 radical (unpaired) electrons. The molecule has 1 atom stereocenters. The van der Waals surface area contributed by atoms with Gasteiger partial charge in [-0.3, -0.25) is 14.8 Å². The predicted octanol–water partition coefficient (Wildman–Crippen LogP) is 3.33. The third-order valence-electron chi connectivity index (χ3n) is 4.45. The largest absolute Gasteiger partial charge is 0.317 e. The van der Waals surface area contributed by atoms with Crippen molar-refractivity contribution in [2.75, 3.05) is 12.3 Å². The first kappa shape index (κ1) is 18.5. The van der Waals surface area contributed by atoms with Crippen molar-refractivity contribution in [2.24, 2.45) is 0 Å². The van der Waals surface area contributed by atoms with Crippen molar-refractivity contribution in [1.29, 1.82) is 0 Å². The first-order valence-corrected chi connectivity index (χ1v) is 9.75. The van der Waals surface area contributed by atoms with Crippen molar-refractivity contribution < 1.29 is 14.8 Å². The molecular formula is C20H22N2O3S. The van der Waals surface area contributed by atoms with Gasteiger partial charge in [0.1, 0.15) is 0 Å². The summed E-state index contributed by atoms with van der Waals surface area (Å²) in [7, 11) is 0. The van der Waals surface area contributed by atoms with Crippen LogP contribution < -0.4 is 5.48 Å². The third-order valence-corrected chi connectivity index (χ3v) is 5.65. The van der Waals surface area contributed by atoms with Gasteiger partial charge in [-0.1, -0.05) is 55.8 Å². The standard InChI is InChI=1S/C20H22N2O3S/c1-2-5-14-8-10-15(11-9-14)16-6-3-4-7-17(16)19(24)22-12-13-26-20(22)18(23)21-25/h3-4,6-11,20,25H,2,5,12-13H2,1H3,(H,21,23). The van der Waals surface area contributed by atoms with Gasteiger partial charge in [0.05, 0.1) is 0 Å². The molecule has 136 valence electrons. The average molecular weight is 370 g/mol. The fourth-order valence-corrected chi connectivity index (χ4v) is 4.28. The number of nitrogens with zero attached hydrogens (tertiary/aromatic N) is 1. The van der Waals surface area contributed by atoms with Gasteiger partial charge in [-0.15, -0.1) is 11.8 Å². The third kappa shape index (κ3) is 3.76. The molecule has 1 aliphatic heterocycles. The van der Waals surface area contributed by atoms with Gasteiger partial charge in [-0.05, 0) is 29.2 Å². The van der Waals surface area contributed by atoms with Crippen LogP contribution in [0.15, 0.2) is 48.5 Å². The monoisotopic (exact) mass is 370 g/mol. The molecule has 0 spiro atoms. The molecule has 1 aliphatic rings. The number of amides is 2. The Morgan fingerprint density at radius 1 is 1.19 bits per heavy atom. The van der Waals surface area contributed by atoms with E-state index in [9.17, 15) is 9.59 Å². The second-order valence-electron chi connectivity index (χ2n) is 6.19. The summed E-state index contributed by atoms with van der Waals surface area (Å²) in [6.45, 7) is 2.63. The smallest absolute Gasteiger partial charge is 0.276 e. The summed E-state index contributed by atoms with van der Waals surface area (Å²) in [4.78, 5) is 26.4. The Labute approximate surface area is 157 Å². The number of thioether (sulfide) groups is 1. The Morgan fingerprint density at radius 2 is 1.92 bits per heavy atom. The Hall–Kier alpha value is -2.31. The van der Waals surface area contributed by atoms with Crippen LogP contribution in [0.2, 0.25) is 0 Å². The second kappa shape index (κ2) is 8.38. The quantitative estimate of drug-likeness (QED) is 0.626. The summed E-state index contributed by atoms with van der Waals surface area (Å²) in [5, 5.41) is 8.22. The van der Waals surface area contributed by atoms with E-state index in [-0.39, 0.29) is 5.91 Å². The molecule has 1 saturated heterocycles. The predicted molar refractivity (Wildman–Crippen MR) is 103 cm³/mol. The molecule has 1 heterocycles. The molecule has 0 saturated carbocycles. The molecule has 2 N–H and O–H groups in total. The highest BCUT2D eigenvalue weighted by Crippen LogP contribution is 2.30. The Bertz CT molecular complexity index is 792. The van der Waals surface area contributed by atoms with Crippen LogP contribution in [0.5, 0.6) is 0 Å². The number of hydrogen-bond donors (Lipinski definition) is 2. The highest BCUT2D eigenvalue weighted by Gasteiger charge is 2.35. The lowest BCUT2D eigenvalue weighted by molar-refractivity contribution is -0.130. The van der Waals surface area contributed by atoms with Gasteiger partial charge in [0.25, 0.3) is 11.8 Å². The molecule has 0 aromatic heterocycles. The van der Waals surface area contributed by atoms with E-state index >= 15 is 0 Å². The highest BCUT2D eigenvalue weighted by atomic mass is 32.2. The van der Waals surface area contributed by atoms with Crippen molar-refractivity contribution in [2.45, 2.75) is 25.1 Å². The molecular weight excluding hydrogens is 348 g/mol. The van der Waals surface area contributed by atoms with E-state index in [1.807, 2.05) is 30.3 Å². The van der Waals surface area contributed by atoms with Crippen molar-refractivity contribution in [3.63, 3.8) is 0 Å². The van der Waals surface area contributed by atoms with Gasteiger partial charge < -0.3 is 4.90 Å². The van der Waals surface area contributed by atoms with E-state index in [4.69, 9.17) is 5.21 Å². The first-order valence-electron chi connectivity index (χ1n) is 8.70. The number of benzene rings is 2. The fourth-order valence-electron chi connectivity index (χ4n) is 3.17. The lowest BCUT2D eigenvalue weighted by Gasteiger charge is -2.23. The Morgan fingerprint density at radius 3 is 2.62 bits per heavy atom. The zero-order chi connectivity index (χ0) is 18.5. The normalized spacial score (nSPS) is 16.5. The maximum absolute atomic E-state index is 13.1. The Kier molecular flexibility index (Phi) is 5.96. The number of carbonyl (C=O) groups is 2. The van der Waals surface area contributed by atoms with Gasteiger partial charge >= 0.3 is 0 Å². The van der Waals surface area contributed by atoms with Crippen LogP contribution in [0.25, 0.3) is 11.1 Å². The molecule has 26 heavy (non-hydrogen) atoms. The SMILES string of the molecule is CCCc1ccc(-c2ccccc2C(=O)N2CCSC2C(=O)NO)cc1. The number of hydrogen-bond acceptors (Lipinski definition) is 4. The van der Waals surface area contributed by atoms with Crippen molar-refractivity contribution in [3.05, 3.63) is 59.7 Å². The van der Waals surface area contributed by atoms with Gasteiger partial charge in [0, 0.05) is 17.9 Å². The molecule has 0 bridgehead atoms. The molecule has 0 aliphatic carbocycles. The zero-order valence-corrected chi connectivity index (χ0v) is 15.5. The maximum Gasteiger partial charge on any atom is 0.276 e. The van der Waals surface area contributed by atoms with Gasteiger partial charge in [-0.25, -0.2) is 5.48 Å². The molecule has 6 heteroatoms. The number of rotatable bonds is 5. The minimum absolute atomic E-state index is 0.197. The summed E-state index contributed by atoms with van der Waals surface area (Å²) < 4.78 is 0. The summed E-state index contributed by atoms with van der Waals surface area (Å²) in [5.41, 5.74) is 5.32. The summed E-state index contributed by atoms with van der Waals surface area (Å²) in [6.07, 6.45) is 2.12. The summed E-state index contributed by atoms with van der Waals surface area (Å²) in [5.74, 6) is -0.100. The topological polar surface area (TPSA) is 69.6 Å². The molecule has 2 amide bonds. The van der Waals surface area contributed by atoms with E-state index in [0.717, 1.165) is 24.0 Å². The highest BCUT2D eigenvalue weighted by molar-refractivity contribution is 8.00. The number of carbonyl (C=O) groups excluding carboxylic acids is 2. The van der Waals surface area contributed by atoms with Crippen LogP contribution in [0.3, 0.4) is 0 Å². The summed E-state index contributed by atoms with van der Waals surface area (Å²) >= 11 is 1.35. The van der Waals surface area contributed by atoms with E-state index < -0.39 is 11.3 Å². The van der Waals surface area contributed by atoms with Crippen LogP contribution in [0.1, 0.15) is 29.3 Å². The molecule has 1 fully saturated rings. The fraction of sp³-hybridized carbons (Fsp3) is 0.300. The minimum Gasteiger partial charge on any atom is -0.317 e. The lowest BCUT2D eigenvalue weighted by atomic mass is 9.97. The van der Waals surface area contributed by atoms with Crippen molar-refractivity contribution in [1.82, 2.24) is 10.4 Å². The van der Waals surface area contributed by atoms with E-state index in [1.165, 1.54) is 22.2 Å². The van der Waals surface area contributed by atoms with E-state index in [1.54, 1.807) is 11.5 Å². The van der Waals surface area contributed by atoms with Crippen LogP contribution in [0.4, 0.5) is 0 Å². The van der Waals surface area contributed by atoms with E-state index in [0.29, 0.717) is 17.9 Å². The van der Waals surface area contributed by atoms with Gasteiger partial charge in [0.15, 0.2) is 5.37 Å². The minimum atomic E-state index is -0.701. The maximum atomic E-state index is 13.1. The number of nitrogens with one attached hydrogen (secondary N) is 1. The van der Waals surface area contributed by atoms with Gasteiger partial charge in [0.2, 0.25) is 0 Å². The van der Waals surface area contributed by atoms with Gasteiger partial charge in [-0.2, -0.15) is 0 Å². The molecule has 2 aromatic carbocycles. The summed E-state index contributed by atoms with van der Waals surface area (Å²) in [6, 6.07) is 15.7. The first-order chi connectivity index (χ1) is 12.7. The second-order valence-corrected chi connectivity index (χ2v) is 7.38. The van der Waals surface area contributed by atoms with Crippen molar-refractivity contribution >= 4 is 23.6 Å². The lowest BCUT2D eigenvalue weighted by Crippen LogP contribution is -2.44.